The van der Waals surface area contributed by atoms with Gasteiger partial charge >= 0.3 is 0 Å². The van der Waals surface area contributed by atoms with Crippen molar-refractivity contribution in [1.29, 1.82) is 0 Å². The van der Waals surface area contributed by atoms with Crippen LogP contribution in [-0.2, 0) is 0 Å². The van der Waals surface area contributed by atoms with Gasteiger partial charge in [-0.05, 0) is 36.8 Å². The number of halogens is 1. The van der Waals surface area contributed by atoms with Gasteiger partial charge in [0.2, 0.25) is 0 Å². The zero-order chi connectivity index (χ0) is 13.3. The Morgan fingerprint density at radius 2 is 2.11 bits per heavy atom. The SMILES string of the molecule is CC(C)C1CC(Nc2ccc(F)cc2[N+](=O)[O-])C1. The molecule has 1 aliphatic carbocycles. The molecule has 1 saturated carbocycles. The van der Waals surface area contributed by atoms with E-state index in [0.717, 1.165) is 18.9 Å². The highest BCUT2D eigenvalue weighted by Crippen LogP contribution is 2.37. The van der Waals surface area contributed by atoms with Crippen molar-refractivity contribution in [3.8, 4) is 0 Å². The minimum absolute atomic E-state index is 0.192. The minimum Gasteiger partial charge on any atom is -0.377 e. The van der Waals surface area contributed by atoms with Crippen molar-refractivity contribution in [3.63, 3.8) is 0 Å². The number of rotatable bonds is 4. The Kier molecular flexibility index (Phi) is 3.50. The summed E-state index contributed by atoms with van der Waals surface area (Å²) in [6.07, 6.45) is 2.04. The number of anilines is 1. The van der Waals surface area contributed by atoms with Crippen LogP contribution in [0.2, 0.25) is 0 Å². The Labute approximate surface area is 105 Å². The monoisotopic (exact) mass is 252 g/mol. The normalized spacial score (nSPS) is 22.7. The van der Waals surface area contributed by atoms with E-state index in [1.54, 1.807) is 0 Å². The quantitative estimate of drug-likeness (QED) is 0.658. The van der Waals surface area contributed by atoms with Crippen molar-refractivity contribution in [2.75, 3.05) is 5.32 Å². The molecule has 0 heterocycles. The molecule has 1 aromatic carbocycles. The molecule has 0 saturated heterocycles. The molecular formula is C13H17FN2O2. The van der Waals surface area contributed by atoms with E-state index >= 15 is 0 Å². The number of nitrogens with one attached hydrogen (secondary N) is 1. The number of benzene rings is 1. The predicted octanol–water partition coefficient (Wildman–Crippen LogP) is 3.58. The molecule has 2 rings (SSSR count). The van der Waals surface area contributed by atoms with E-state index in [9.17, 15) is 14.5 Å². The van der Waals surface area contributed by atoms with Gasteiger partial charge in [0.15, 0.2) is 0 Å². The Bertz CT molecular complexity index is 456. The van der Waals surface area contributed by atoms with Crippen molar-refractivity contribution in [1.82, 2.24) is 0 Å². The highest BCUT2D eigenvalue weighted by molar-refractivity contribution is 5.62. The molecule has 1 aliphatic rings. The van der Waals surface area contributed by atoms with Gasteiger partial charge in [-0.25, -0.2) is 4.39 Å². The molecular weight excluding hydrogens is 235 g/mol. The standard InChI is InChI=1S/C13H17FN2O2/c1-8(2)9-5-11(6-9)15-12-4-3-10(14)7-13(12)16(17)18/h3-4,7-9,11,15H,5-6H2,1-2H3. The summed E-state index contributed by atoms with van der Waals surface area (Å²) in [4.78, 5) is 10.3. The van der Waals surface area contributed by atoms with Gasteiger partial charge in [0.1, 0.15) is 11.5 Å². The fraction of sp³-hybridized carbons (Fsp3) is 0.538. The predicted molar refractivity (Wildman–Crippen MR) is 68.0 cm³/mol. The van der Waals surface area contributed by atoms with Gasteiger partial charge < -0.3 is 5.32 Å². The summed E-state index contributed by atoms with van der Waals surface area (Å²) in [5, 5.41) is 14.0. The fourth-order valence-electron chi connectivity index (χ4n) is 2.32. The number of nitro benzene ring substituents is 1. The molecule has 98 valence electrons. The van der Waals surface area contributed by atoms with Crippen molar-refractivity contribution >= 4 is 11.4 Å². The van der Waals surface area contributed by atoms with Crippen LogP contribution in [0.4, 0.5) is 15.8 Å². The molecule has 0 aromatic heterocycles. The number of nitro groups is 1. The highest BCUT2D eigenvalue weighted by atomic mass is 19.1. The molecule has 4 nitrogen and oxygen atoms in total. The molecule has 0 atom stereocenters. The van der Waals surface area contributed by atoms with Crippen LogP contribution in [0.5, 0.6) is 0 Å². The zero-order valence-corrected chi connectivity index (χ0v) is 10.5. The van der Waals surface area contributed by atoms with Crippen LogP contribution < -0.4 is 5.32 Å². The Hall–Kier alpha value is -1.65. The third-order valence-electron chi connectivity index (χ3n) is 3.63. The number of nitrogens with zero attached hydrogens (tertiary/aromatic N) is 1. The third-order valence-corrected chi connectivity index (χ3v) is 3.63. The number of hydrogen-bond acceptors (Lipinski definition) is 3. The summed E-state index contributed by atoms with van der Waals surface area (Å²) < 4.78 is 13.0. The maximum atomic E-state index is 13.0. The summed E-state index contributed by atoms with van der Waals surface area (Å²) in [7, 11) is 0. The van der Waals surface area contributed by atoms with E-state index in [1.807, 2.05) is 0 Å². The summed E-state index contributed by atoms with van der Waals surface area (Å²) >= 11 is 0. The van der Waals surface area contributed by atoms with E-state index in [2.05, 4.69) is 19.2 Å². The van der Waals surface area contributed by atoms with Crippen molar-refractivity contribution in [2.45, 2.75) is 32.7 Å². The van der Waals surface area contributed by atoms with Crippen molar-refractivity contribution in [2.24, 2.45) is 11.8 Å². The van der Waals surface area contributed by atoms with E-state index in [1.165, 1.54) is 12.1 Å². The first-order valence-electron chi connectivity index (χ1n) is 6.18. The number of hydrogen-bond donors (Lipinski definition) is 1. The lowest BCUT2D eigenvalue weighted by atomic mass is 9.73. The van der Waals surface area contributed by atoms with E-state index in [4.69, 9.17) is 0 Å². The molecule has 0 unspecified atom stereocenters. The van der Waals surface area contributed by atoms with Crippen LogP contribution in [0, 0.1) is 27.8 Å². The van der Waals surface area contributed by atoms with Crippen LogP contribution in [0.25, 0.3) is 0 Å². The second kappa shape index (κ2) is 4.92. The maximum Gasteiger partial charge on any atom is 0.295 e. The van der Waals surface area contributed by atoms with Gasteiger partial charge in [-0.1, -0.05) is 13.8 Å². The van der Waals surface area contributed by atoms with E-state index in [-0.39, 0.29) is 11.7 Å². The van der Waals surface area contributed by atoms with Gasteiger partial charge in [0, 0.05) is 6.04 Å². The zero-order valence-electron chi connectivity index (χ0n) is 10.5. The highest BCUT2D eigenvalue weighted by Gasteiger charge is 2.32. The van der Waals surface area contributed by atoms with Crippen LogP contribution in [0.3, 0.4) is 0 Å². The maximum absolute atomic E-state index is 13.0. The second-order valence-electron chi connectivity index (χ2n) is 5.24. The summed E-state index contributed by atoms with van der Waals surface area (Å²) in [5.74, 6) is 0.745. The lowest BCUT2D eigenvalue weighted by molar-refractivity contribution is -0.384. The van der Waals surface area contributed by atoms with Crippen molar-refractivity contribution < 1.29 is 9.31 Å². The summed E-state index contributed by atoms with van der Waals surface area (Å²) in [6, 6.07) is 3.91. The van der Waals surface area contributed by atoms with Crippen LogP contribution in [0.15, 0.2) is 18.2 Å². The van der Waals surface area contributed by atoms with Crippen molar-refractivity contribution in [3.05, 3.63) is 34.1 Å². The first-order chi connectivity index (χ1) is 8.47. The largest absolute Gasteiger partial charge is 0.377 e. The fourth-order valence-corrected chi connectivity index (χ4v) is 2.32. The topological polar surface area (TPSA) is 55.2 Å². The lowest BCUT2D eigenvalue weighted by Gasteiger charge is -2.38. The third kappa shape index (κ3) is 2.60. The summed E-state index contributed by atoms with van der Waals surface area (Å²) in [6.45, 7) is 4.36. The Morgan fingerprint density at radius 3 is 2.67 bits per heavy atom. The van der Waals surface area contributed by atoms with Crippen LogP contribution in [0.1, 0.15) is 26.7 Å². The van der Waals surface area contributed by atoms with Crippen LogP contribution in [-0.4, -0.2) is 11.0 Å². The van der Waals surface area contributed by atoms with Gasteiger partial charge in [-0.15, -0.1) is 0 Å². The van der Waals surface area contributed by atoms with Gasteiger partial charge in [0.25, 0.3) is 5.69 Å². The van der Waals surface area contributed by atoms with Gasteiger partial charge in [-0.3, -0.25) is 10.1 Å². The molecule has 0 bridgehead atoms. The minimum atomic E-state index is -0.582. The average molecular weight is 252 g/mol. The second-order valence-corrected chi connectivity index (χ2v) is 5.24. The van der Waals surface area contributed by atoms with Gasteiger partial charge in [0.05, 0.1) is 11.0 Å². The molecule has 0 amide bonds. The molecule has 1 aromatic rings. The first kappa shape index (κ1) is 12.8. The molecule has 1 N–H and O–H groups in total. The van der Waals surface area contributed by atoms with Gasteiger partial charge in [-0.2, -0.15) is 0 Å². The summed E-state index contributed by atoms with van der Waals surface area (Å²) in [5.41, 5.74) is 0.219. The molecule has 18 heavy (non-hydrogen) atoms. The molecule has 0 radical (unpaired) electrons. The first-order valence-corrected chi connectivity index (χ1v) is 6.18. The van der Waals surface area contributed by atoms with E-state index < -0.39 is 10.7 Å². The lowest BCUT2D eigenvalue weighted by Crippen LogP contribution is -2.38. The Balaban J connectivity index is 2.04. The molecule has 1 fully saturated rings. The molecule has 0 spiro atoms. The smallest absolute Gasteiger partial charge is 0.295 e. The molecule has 5 heteroatoms. The van der Waals surface area contributed by atoms with E-state index in [0.29, 0.717) is 17.5 Å². The Morgan fingerprint density at radius 1 is 1.44 bits per heavy atom. The average Bonchev–Trinajstić information content (AvgIpc) is 2.23. The molecule has 0 aliphatic heterocycles. The van der Waals surface area contributed by atoms with Crippen LogP contribution >= 0.6 is 0 Å².